The molecule has 15 heteroatoms. The van der Waals surface area contributed by atoms with Gasteiger partial charge in [-0.2, -0.15) is 18.8 Å². The Kier molecular flexibility index (Phi) is 8.34. The number of alkyl halides is 4. The summed E-state index contributed by atoms with van der Waals surface area (Å²) in [4.78, 5) is 16.4. The molecule has 0 aliphatic carbocycles. The van der Waals surface area contributed by atoms with Gasteiger partial charge in [-0.05, 0) is 40.5 Å². The summed E-state index contributed by atoms with van der Waals surface area (Å²) in [6.07, 6.45) is -2.81. The highest BCUT2D eigenvalue weighted by atomic mass is 79.9. The van der Waals surface area contributed by atoms with Gasteiger partial charge in [0.1, 0.15) is 19.2 Å². The summed E-state index contributed by atoms with van der Waals surface area (Å²) in [6.45, 7) is 0.377. The van der Waals surface area contributed by atoms with Crippen LogP contribution in [0.5, 0.6) is 17.2 Å². The third-order valence-corrected chi connectivity index (χ3v) is 5.45. The van der Waals surface area contributed by atoms with Crippen molar-refractivity contribution in [2.24, 2.45) is 0 Å². The molecular weight excluding hydrogens is 575 g/mol. The fourth-order valence-electron chi connectivity index (χ4n) is 3.10. The molecule has 2 heterocycles. The second kappa shape index (κ2) is 11.1. The Morgan fingerprint density at radius 2 is 2.03 bits per heavy atom. The van der Waals surface area contributed by atoms with E-state index in [0.717, 1.165) is 18.3 Å². The number of aryl methyl sites for hydroxylation is 1. The van der Waals surface area contributed by atoms with Crippen molar-refractivity contribution >= 4 is 15.9 Å². The minimum Gasteiger partial charge on any atom is -0.618 e. The number of halogens is 6. The summed E-state index contributed by atoms with van der Waals surface area (Å²) in [6, 6.07) is 4.85. The van der Waals surface area contributed by atoms with Crippen LogP contribution in [0.2, 0.25) is 0 Å². The number of aromatic nitrogens is 3. The summed E-state index contributed by atoms with van der Waals surface area (Å²) < 4.78 is 80.8. The minimum absolute atomic E-state index is 0.0532. The average molecular weight is 591 g/mol. The fourth-order valence-corrected chi connectivity index (χ4v) is 3.58. The van der Waals surface area contributed by atoms with Crippen LogP contribution >= 0.6 is 15.9 Å². The smallest absolute Gasteiger partial charge is 0.352 e. The monoisotopic (exact) mass is 590 g/mol. The maximum absolute atomic E-state index is 14.6. The predicted octanol–water partition coefficient (Wildman–Crippen LogP) is 3.53. The standard InChI is InChI=1S/C22H16BrF5N4O5/c1-11-4-12(7-29)17(24)15(5-11)37-18-19(22(27,28)21(25)26)30-10-31(20(18)34)8-13-6-14(23)16(9-32(13)35)36-3-2-33/h4-6,9-10,21,33H,2-3,8H2,1H3. The molecule has 0 radical (unpaired) electrons. The van der Waals surface area contributed by atoms with Gasteiger partial charge >= 0.3 is 12.3 Å². The van der Waals surface area contributed by atoms with Crippen molar-refractivity contribution in [1.82, 2.24) is 9.55 Å². The summed E-state index contributed by atoms with van der Waals surface area (Å²) in [5.74, 6) is -8.47. The number of rotatable bonds is 9. The minimum atomic E-state index is -4.96. The lowest BCUT2D eigenvalue weighted by Gasteiger charge is -2.19. The molecule has 37 heavy (non-hydrogen) atoms. The first-order valence-electron chi connectivity index (χ1n) is 10.2. The highest BCUT2D eigenvalue weighted by molar-refractivity contribution is 9.10. The molecule has 0 fully saturated rings. The molecule has 0 saturated carbocycles. The van der Waals surface area contributed by atoms with E-state index in [1.807, 2.05) is 0 Å². The van der Waals surface area contributed by atoms with Crippen molar-refractivity contribution in [2.45, 2.75) is 25.8 Å². The van der Waals surface area contributed by atoms with Crippen molar-refractivity contribution in [2.75, 3.05) is 13.2 Å². The Bertz CT molecular complexity index is 1430. The molecule has 3 aromatic rings. The first-order valence-corrected chi connectivity index (χ1v) is 11.0. The Balaban J connectivity index is 2.14. The molecular formula is C22H16BrF5N4O5. The third kappa shape index (κ3) is 5.81. The number of nitriles is 1. The molecule has 0 spiro atoms. The lowest BCUT2D eigenvalue weighted by molar-refractivity contribution is -0.614. The van der Waals surface area contributed by atoms with Crippen LogP contribution in [0.15, 0.2) is 40.0 Å². The fraction of sp³-hybridized carbons (Fsp3) is 0.273. The highest BCUT2D eigenvalue weighted by Crippen LogP contribution is 2.39. The zero-order valence-corrected chi connectivity index (χ0v) is 20.3. The van der Waals surface area contributed by atoms with Crippen LogP contribution in [0.1, 0.15) is 22.5 Å². The molecule has 196 valence electrons. The molecule has 0 aliphatic rings. The van der Waals surface area contributed by atoms with E-state index in [1.54, 1.807) is 0 Å². The number of pyridine rings is 1. The van der Waals surface area contributed by atoms with E-state index in [-0.39, 0.29) is 39.4 Å². The Labute approximate surface area is 213 Å². The molecule has 0 unspecified atom stereocenters. The van der Waals surface area contributed by atoms with Crippen LogP contribution in [0.3, 0.4) is 0 Å². The van der Waals surface area contributed by atoms with Crippen LogP contribution in [0, 0.1) is 29.3 Å². The third-order valence-electron chi connectivity index (χ3n) is 4.83. The molecule has 0 aliphatic heterocycles. The second-order valence-electron chi connectivity index (χ2n) is 7.49. The number of nitrogens with zero attached hydrogens (tertiary/aromatic N) is 4. The quantitative estimate of drug-likeness (QED) is 0.230. The zero-order valence-electron chi connectivity index (χ0n) is 18.7. The van der Waals surface area contributed by atoms with Crippen molar-refractivity contribution < 1.29 is 41.3 Å². The lowest BCUT2D eigenvalue weighted by atomic mass is 10.1. The van der Waals surface area contributed by atoms with Crippen molar-refractivity contribution in [3.8, 4) is 23.3 Å². The van der Waals surface area contributed by atoms with Gasteiger partial charge in [-0.1, -0.05) is 0 Å². The van der Waals surface area contributed by atoms with Gasteiger partial charge in [0, 0.05) is 6.07 Å². The van der Waals surface area contributed by atoms with Crippen LogP contribution in [0.25, 0.3) is 0 Å². The van der Waals surface area contributed by atoms with Gasteiger partial charge in [0.25, 0.3) is 5.56 Å². The van der Waals surface area contributed by atoms with E-state index in [9.17, 15) is 32.0 Å². The normalized spacial score (nSPS) is 11.5. The van der Waals surface area contributed by atoms with E-state index in [0.29, 0.717) is 10.9 Å². The van der Waals surface area contributed by atoms with Gasteiger partial charge in [-0.15, -0.1) is 0 Å². The van der Waals surface area contributed by atoms with Crippen LogP contribution in [-0.4, -0.2) is 34.3 Å². The molecule has 0 atom stereocenters. The van der Waals surface area contributed by atoms with Crippen LogP contribution in [-0.2, 0) is 12.5 Å². The largest absolute Gasteiger partial charge is 0.618 e. The van der Waals surface area contributed by atoms with Gasteiger partial charge in [-0.25, -0.2) is 18.2 Å². The maximum Gasteiger partial charge on any atom is 0.352 e. The van der Waals surface area contributed by atoms with Crippen LogP contribution in [0.4, 0.5) is 22.0 Å². The summed E-state index contributed by atoms with van der Waals surface area (Å²) in [5, 5.41) is 30.3. The number of ether oxygens (including phenoxy) is 2. The average Bonchev–Trinajstić information content (AvgIpc) is 2.84. The molecule has 3 rings (SSSR count). The van der Waals surface area contributed by atoms with Crippen molar-refractivity contribution in [3.63, 3.8) is 0 Å². The molecule has 0 amide bonds. The Morgan fingerprint density at radius 1 is 1.32 bits per heavy atom. The van der Waals surface area contributed by atoms with E-state index in [2.05, 4.69) is 20.9 Å². The number of benzene rings is 1. The van der Waals surface area contributed by atoms with Gasteiger partial charge in [0.2, 0.25) is 17.6 Å². The SMILES string of the molecule is Cc1cc(C#N)c(F)c(Oc2c(C(F)(F)C(F)F)ncn(Cc3cc(Br)c(OCCO)c[n+]3[O-])c2=O)c1. The molecule has 0 saturated heterocycles. The lowest BCUT2D eigenvalue weighted by Crippen LogP contribution is -2.36. The summed E-state index contributed by atoms with van der Waals surface area (Å²) in [7, 11) is 0. The predicted molar refractivity (Wildman–Crippen MR) is 119 cm³/mol. The first-order chi connectivity index (χ1) is 17.4. The Morgan fingerprint density at radius 3 is 2.65 bits per heavy atom. The van der Waals surface area contributed by atoms with Crippen molar-refractivity contribution in [3.05, 3.63) is 79.1 Å². The first kappa shape index (κ1) is 27.8. The number of hydrogen-bond acceptors (Lipinski definition) is 7. The van der Waals surface area contributed by atoms with E-state index in [1.165, 1.54) is 19.1 Å². The van der Waals surface area contributed by atoms with Crippen molar-refractivity contribution in [1.29, 1.82) is 5.26 Å². The molecule has 9 nitrogen and oxygen atoms in total. The summed E-state index contributed by atoms with van der Waals surface area (Å²) in [5.41, 5.74) is -3.62. The van der Waals surface area contributed by atoms with E-state index >= 15 is 0 Å². The molecule has 0 bridgehead atoms. The van der Waals surface area contributed by atoms with Gasteiger partial charge < -0.3 is 19.8 Å². The van der Waals surface area contributed by atoms with Gasteiger partial charge in [0.15, 0.2) is 23.0 Å². The number of hydrogen-bond donors (Lipinski definition) is 1. The topological polar surface area (TPSA) is 124 Å². The van der Waals surface area contributed by atoms with E-state index in [4.69, 9.17) is 19.8 Å². The number of aliphatic hydroxyl groups is 1. The van der Waals surface area contributed by atoms with Crippen LogP contribution < -0.4 is 19.8 Å². The van der Waals surface area contributed by atoms with E-state index < -0.39 is 53.0 Å². The Hall–Kier alpha value is -3.77. The number of aliphatic hydroxyl groups excluding tert-OH is 1. The maximum atomic E-state index is 14.6. The molecule has 1 N–H and O–H groups in total. The molecule has 2 aromatic heterocycles. The van der Waals surface area contributed by atoms with Gasteiger partial charge in [0.05, 0.1) is 23.0 Å². The highest BCUT2D eigenvalue weighted by Gasteiger charge is 2.48. The molecule has 1 aromatic carbocycles. The second-order valence-corrected chi connectivity index (χ2v) is 8.35. The zero-order chi connectivity index (χ0) is 27.5. The summed E-state index contributed by atoms with van der Waals surface area (Å²) >= 11 is 3.15. The van der Waals surface area contributed by atoms with Gasteiger partial charge in [-0.3, -0.25) is 9.36 Å².